The van der Waals surface area contributed by atoms with Crippen LogP contribution in [0.5, 0.6) is 0 Å². The summed E-state index contributed by atoms with van der Waals surface area (Å²) in [4.78, 5) is 11.5. The fraction of sp³-hybridized carbons (Fsp3) is 0.636. The maximum Gasteiger partial charge on any atom is 0.393 e. The van der Waals surface area contributed by atoms with E-state index in [9.17, 15) is 18.0 Å². The second kappa shape index (κ2) is 4.75. The maximum absolute atomic E-state index is 12.5. The summed E-state index contributed by atoms with van der Waals surface area (Å²) in [5, 5.41) is 3.85. The van der Waals surface area contributed by atoms with E-state index >= 15 is 0 Å². The number of esters is 1. The molecule has 0 spiro atoms. The van der Waals surface area contributed by atoms with E-state index in [4.69, 9.17) is 5.73 Å². The van der Waals surface area contributed by atoms with E-state index in [1.807, 2.05) is 0 Å². The summed E-state index contributed by atoms with van der Waals surface area (Å²) in [6.07, 6.45) is -5.80. The van der Waals surface area contributed by atoms with Crippen molar-refractivity contribution >= 4 is 11.8 Å². The Hall–Kier alpha value is -1.73. The van der Waals surface area contributed by atoms with Gasteiger partial charge >= 0.3 is 12.1 Å². The maximum atomic E-state index is 12.5. The van der Waals surface area contributed by atoms with Crippen molar-refractivity contribution in [2.75, 3.05) is 12.8 Å². The highest BCUT2D eigenvalue weighted by Crippen LogP contribution is 2.30. The first-order chi connectivity index (χ1) is 8.47. The fourth-order valence-electron chi connectivity index (χ4n) is 1.61. The van der Waals surface area contributed by atoms with E-state index < -0.39 is 29.8 Å². The molecule has 0 aliphatic rings. The molecule has 8 heteroatoms. The van der Waals surface area contributed by atoms with Crippen LogP contribution in [-0.2, 0) is 16.7 Å². The van der Waals surface area contributed by atoms with Crippen LogP contribution >= 0.6 is 0 Å². The first kappa shape index (κ1) is 15.3. The predicted octanol–water partition coefficient (Wildman–Crippen LogP) is 2.11. The summed E-state index contributed by atoms with van der Waals surface area (Å²) < 4.78 is 43.2. The van der Waals surface area contributed by atoms with Crippen LogP contribution in [0.25, 0.3) is 0 Å². The molecule has 1 heterocycles. The molecule has 0 aliphatic carbocycles. The van der Waals surface area contributed by atoms with Crippen molar-refractivity contribution in [2.45, 2.75) is 38.9 Å². The molecular weight excluding hydrogens is 263 g/mol. The summed E-state index contributed by atoms with van der Waals surface area (Å²) in [6.45, 7) is 5.15. The summed E-state index contributed by atoms with van der Waals surface area (Å²) in [7, 11) is 1.08. The van der Waals surface area contributed by atoms with Crippen LogP contribution in [0.2, 0.25) is 0 Å². The summed E-state index contributed by atoms with van der Waals surface area (Å²) in [5.74, 6) is -1.11. The molecule has 2 N–H and O–H groups in total. The minimum absolute atomic E-state index is 0.176. The topological polar surface area (TPSA) is 70.1 Å². The van der Waals surface area contributed by atoms with Crippen LogP contribution in [0, 0.1) is 0 Å². The van der Waals surface area contributed by atoms with Crippen molar-refractivity contribution in [2.24, 2.45) is 0 Å². The average molecular weight is 279 g/mol. The highest BCUT2D eigenvalue weighted by molar-refractivity contribution is 5.90. The van der Waals surface area contributed by atoms with Crippen molar-refractivity contribution in [1.82, 2.24) is 9.78 Å². The minimum Gasteiger partial charge on any atom is -0.464 e. The minimum atomic E-state index is -4.48. The van der Waals surface area contributed by atoms with Gasteiger partial charge in [-0.1, -0.05) is 0 Å². The molecule has 1 aromatic rings. The van der Waals surface area contributed by atoms with Gasteiger partial charge in [0.05, 0.1) is 19.1 Å². The highest BCUT2D eigenvalue weighted by Gasteiger charge is 2.35. The number of hydrogen-bond acceptors (Lipinski definition) is 4. The molecule has 0 amide bonds. The van der Waals surface area contributed by atoms with Crippen LogP contribution in [0.3, 0.4) is 0 Å². The van der Waals surface area contributed by atoms with Crippen LogP contribution < -0.4 is 5.73 Å². The molecule has 1 aromatic heterocycles. The van der Waals surface area contributed by atoms with E-state index in [-0.39, 0.29) is 11.4 Å². The quantitative estimate of drug-likeness (QED) is 0.842. The van der Waals surface area contributed by atoms with Crippen LogP contribution in [0.1, 0.15) is 36.8 Å². The van der Waals surface area contributed by atoms with Gasteiger partial charge in [-0.3, -0.25) is 0 Å². The average Bonchev–Trinajstić information content (AvgIpc) is 2.53. The predicted molar refractivity (Wildman–Crippen MR) is 62.7 cm³/mol. The molecule has 0 saturated carbocycles. The van der Waals surface area contributed by atoms with Gasteiger partial charge in [-0.25, -0.2) is 9.48 Å². The molecule has 0 aromatic carbocycles. The second-order valence-corrected chi connectivity index (χ2v) is 5.08. The molecule has 0 saturated heterocycles. The number of alkyl halides is 3. The Morgan fingerprint density at radius 2 is 1.89 bits per heavy atom. The molecule has 5 nitrogen and oxygen atoms in total. The number of anilines is 1. The summed E-state index contributed by atoms with van der Waals surface area (Å²) in [6, 6.07) is 0. The third kappa shape index (κ3) is 3.39. The SMILES string of the molecule is COC(=O)c1nn(C(C)(C)C)c(N)c1CC(F)(F)F. The lowest BCUT2D eigenvalue weighted by Crippen LogP contribution is -2.25. The number of nitrogens with zero attached hydrogens (tertiary/aromatic N) is 2. The number of ether oxygens (including phenoxy) is 1. The van der Waals surface area contributed by atoms with Gasteiger partial charge in [0.1, 0.15) is 5.82 Å². The summed E-state index contributed by atoms with van der Waals surface area (Å²) in [5.41, 5.74) is 4.29. The van der Waals surface area contributed by atoms with Gasteiger partial charge in [0.2, 0.25) is 0 Å². The lowest BCUT2D eigenvalue weighted by atomic mass is 10.1. The van der Waals surface area contributed by atoms with E-state index in [2.05, 4.69) is 9.84 Å². The van der Waals surface area contributed by atoms with Crippen molar-refractivity contribution in [3.05, 3.63) is 11.3 Å². The Labute approximate surface area is 108 Å². The normalized spacial score (nSPS) is 12.6. The number of carbonyl (C=O) groups is 1. The van der Waals surface area contributed by atoms with Crippen molar-refractivity contribution < 1.29 is 22.7 Å². The zero-order valence-electron chi connectivity index (χ0n) is 11.1. The number of methoxy groups -OCH3 is 1. The zero-order valence-corrected chi connectivity index (χ0v) is 11.1. The van der Waals surface area contributed by atoms with E-state index in [1.165, 1.54) is 4.68 Å². The number of hydrogen-bond donors (Lipinski definition) is 1. The monoisotopic (exact) mass is 279 g/mol. The molecular formula is C11H16F3N3O2. The van der Waals surface area contributed by atoms with Crippen LogP contribution in [0.4, 0.5) is 19.0 Å². The third-order valence-corrected chi connectivity index (χ3v) is 2.41. The third-order valence-electron chi connectivity index (χ3n) is 2.41. The molecule has 19 heavy (non-hydrogen) atoms. The van der Waals surface area contributed by atoms with Crippen molar-refractivity contribution in [3.8, 4) is 0 Å². The Kier molecular flexibility index (Phi) is 3.83. The van der Waals surface area contributed by atoms with Gasteiger partial charge < -0.3 is 10.5 Å². The van der Waals surface area contributed by atoms with Gasteiger partial charge in [-0.15, -0.1) is 0 Å². The molecule has 1 rings (SSSR count). The molecule has 108 valence electrons. The Bertz CT molecular complexity index is 487. The van der Waals surface area contributed by atoms with Gasteiger partial charge in [0, 0.05) is 5.56 Å². The van der Waals surface area contributed by atoms with Crippen LogP contribution in [0.15, 0.2) is 0 Å². The Morgan fingerprint density at radius 1 is 1.37 bits per heavy atom. The molecule has 0 bridgehead atoms. The number of nitrogens with two attached hydrogens (primary N) is 1. The Balaban J connectivity index is 3.41. The number of carbonyl (C=O) groups excluding carboxylic acids is 1. The van der Waals surface area contributed by atoms with Crippen LogP contribution in [-0.4, -0.2) is 29.0 Å². The van der Waals surface area contributed by atoms with Gasteiger partial charge in [0.15, 0.2) is 5.69 Å². The number of rotatable bonds is 2. The highest BCUT2D eigenvalue weighted by atomic mass is 19.4. The number of aromatic nitrogens is 2. The lowest BCUT2D eigenvalue weighted by molar-refractivity contribution is -0.127. The van der Waals surface area contributed by atoms with Crippen molar-refractivity contribution in [1.29, 1.82) is 0 Å². The molecule has 0 fully saturated rings. The fourth-order valence-corrected chi connectivity index (χ4v) is 1.61. The largest absolute Gasteiger partial charge is 0.464 e. The van der Waals surface area contributed by atoms with Gasteiger partial charge in [-0.2, -0.15) is 18.3 Å². The molecule has 0 atom stereocenters. The summed E-state index contributed by atoms with van der Waals surface area (Å²) >= 11 is 0. The van der Waals surface area contributed by atoms with E-state index in [1.54, 1.807) is 20.8 Å². The molecule has 0 radical (unpaired) electrons. The van der Waals surface area contributed by atoms with Crippen molar-refractivity contribution in [3.63, 3.8) is 0 Å². The van der Waals surface area contributed by atoms with E-state index in [0.717, 1.165) is 7.11 Å². The molecule has 0 aliphatic heterocycles. The van der Waals surface area contributed by atoms with Gasteiger partial charge in [0.25, 0.3) is 0 Å². The molecule has 0 unspecified atom stereocenters. The van der Waals surface area contributed by atoms with E-state index in [0.29, 0.717) is 0 Å². The first-order valence-electron chi connectivity index (χ1n) is 5.50. The second-order valence-electron chi connectivity index (χ2n) is 5.08. The smallest absolute Gasteiger partial charge is 0.393 e. The lowest BCUT2D eigenvalue weighted by Gasteiger charge is -2.21. The zero-order chi connectivity index (χ0) is 15.0. The number of nitrogen functional groups attached to an aromatic ring is 1. The van der Waals surface area contributed by atoms with Gasteiger partial charge in [-0.05, 0) is 20.8 Å². The standard InChI is InChI=1S/C11H16F3N3O2/c1-10(2,3)17-8(15)6(5-11(12,13)14)7(16-17)9(18)19-4/h5,15H2,1-4H3. The first-order valence-corrected chi connectivity index (χ1v) is 5.50. The Morgan fingerprint density at radius 3 is 2.26 bits per heavy atom. The number of halogens is 3.